The van der Waals surface area contributed by atoms with E-state index in [1.54, 1.807) is 9.80 Å². The van der Waals surface area contributed by atoms with Crippen LogP contribution in [0.15, 0.2) is 0 Å². The number of thiazole rings is 1. The van der Waals surface area contributed by atoms with Crippen LogP contribution >= 0.6 is 11.3 Å². The van der Waals surface area contributed by atoms with Crippen LogP contribution in [0, 0.1) is 0 Å². The average molecular weight is 282 g/mol. The summed E-state index contributed by atoms with van der Waals surface area (Å²) in [5.74, 6) is -0.0324. The molecule has 0 unspecified atom stereocenters. The molecule has 0 radical (unpaired) electrons. The second kappa shape index (κ2) is 5.56. The van der Waals surface area contributed by atoms with E-state index in [-0.39, 0.29) is 5.91 Å². The van der Waals surface area contributed by atoms with Gasteiger partial charge in [0.05, 0.1) is 12.2 Å². The van der Waals surface area contributed by atoms with Gasteiger partial charge in [-0.25, -0.2) is 9.78 Å². The number of primary amides is 1. The second-order valence-corrected chi connectivity index (χ2v) is 5.46. The first kappa shape index (κ1) is 13.8. The smallest absolute Gasteiger partial charge is 0.315 e. The number of hydrogen-bond donors (Lipinski definition) is 1. The summed E-state index contributed by atoms with van der Waals surface area (Å²) in [6, 6.07) is -0.421. The van der Waals surface area contributed by atoms with E-state index in [1.165, 1.54) is 11.3 Å². The highest BCUT2D eigenvalue weighted by Crippen LogP contribution is 2.25. The molecule has 2 rings (SSSR count). The molecule has 0 bridgehead atoms. The van der Waals surface area contributed by atoms with Gasteiger partial charge < -0.3 is 15.5 Å². The summed E-state index contributed by atoms with van der Waals surface area (Å²) >= 11 is 1.37. The molecule has 19 heavy (non-hydrogen) atoms. The summed E-state index contributed by atoms with van der Waals surface area (Å²) in [5.41, 5.74) is 6.21. The Labute approximate surface area is 116 Å². The highest BCUT2D eigenvalue weighted by Gasteiger charge is 2.25. The van der Waals surface area contributed by atoms with Gasteiger partial charge in [-0.15, -0.1) is 11.3 Å². The van der Waals surface area contributed by atoms with Crippen LogP contribution in [0.1, 0.15) is 34.2 Å². The van der Waals surface area contributed by atoms with Crippen molar-refractivity contribution < 1.29 is 9.59 Å². The van der Waals surface area contributed by atoms with Crippen LogP contribution in [0.2, 0.25) is 0 Å². The van der Waals surface area contributed by atoms with Crippen LogP contribution in [0.25, 0.3) is 0 Å². The molecule has 1 aliphatic rings. The Morgan fingerprint density at radius 1 is 1.42 bits per heavy atom. The monoisotopic (exact) mass is 282 g/mol. The van der Waals surface area contributed by atoms with E-state index < -0.39 is 6.03 Å². The van der Waals surface area contributed by atoms with Gasteiger partial charge in [0.15, 0.2) is 5.01 Å². The molecule has 0 fully saturated rings. The van der Waals surface area contributed by atoms with E-state index in [2.05, 4.69) is 4.98 Å². The number of urea groups is 1. The Morgan fingerprint density at radius 2 is 2.11 bits per heavy atom. The van der Waals surface area contributed by atoms with Crippen LogP contribution in [-0.4, -0.2) is 46.4 Å². The fourth-order valence-corrected chi connectivity index (χ4v) is 3.21. The van der Waals surface area contributed by atoms with E-state index in [1.807, 2.05) is 13.8 Å². The minimum Gasteiger partial charge on any atom is -0.351 e. The molecule has 104 valence electrons. The standard InChI is InChI=1S/C12H18N4O2S/c1-3-15(4-2)11(17)10-14-8-5-6-16(12(13)18)7-9(8)19-10/h3-7H2,1-2H3,(H2,13,18). The molecule has 0 saturated heterocycles. The number of nitrogens with two attached hydrogens (primary N) is 1. The van der Waals surface area contributed by atoms with Crippen LogP contribution in [0.5, 0.6) is 0 Å². The first-order valence-corrected chi connectivity index (χ1v) is 7.20. The predicted molar refractivity (Wildman–Crippen MR) is 73.1 cm³/mol. The van der Waals surface area contributed by atoms with Gasteiger partial charge in [-0.05, 0) is 13.8 Å². The van der Waals surface area contributed by atoms with Gasteiger partial charge in [0, 0.05) is 30.9 Å². The third-order valence-corrected chi connectivity index (χ3v) is 4.35. The number of carbonyl (C=O) groups is 2. The predicted octanol–water partition coefficient (Wildman–Crippen LogP) is 1.06. The maximum absolute atomic E-state index is 12.2. The zero-order valence-electron chi connectivity index (χ0n) is 11.2. The molecule has 6 nitrogen and oxygen atoms in total. The minimum absolute atomic E-state index is 0.0324. The molecule has 7 heteroatoms. The molecule has 3 amide bonds. The van der Waals surface area contributed by atoms with Crippen molar-refractivity contribution >= 4 is 23.3 Å². The van der Waals surface area contributed by atoms with E-state index in [9.17, 15) is 9.59 Å². The van der Waals surface area contributed by atoms with E-state index in [0.29, 0.717) is 37.6 Å². The van der Waals surface area contributed by atoms with E-state index in [0.717, 1.165) is 10.6 Å². The molecular weight excluding hydrogens is 264 g/mol. The van der Waals surface area contributed by atoms with Crippen LogP contribution in [0.4, 0.5) is 4.79 Å². The molecule has 0 aliphatic carbocycles. The molecule has 0 spiro atoms. The van der Waals surface area contributed by atoms with Crippen molar-refractivity contribution in [3.63, 3.8) is 0 Å². The Hall–Kier alpha value is -1.63. The lowest BCUT2D eigenvalue weighted by atomic mass is 10.2. The Kier molecular flexibility index (Phi) is 4.04. The molecule has 1 aromatic heterocycles. The summed E-state index contributed by atoms with van der Waals surface area (Å²) in [6.07, 6.45) is 0.667. The lowest BCUT2D eigenvalue weighted by molar-refractivity contribution is 0.0772. The Morgan fingerprint density at radius 3 is 2.68 bits per heavy atom. The zero-order chi connectivity index (χ0) is 14.0. The summed E-state index contributed by atoms with van der Waals surface area (Å²) < 4.78 is 0. The van der Waals surface area contributed by atoms with Crippen molar-refractivity contribution in [3.05, 3.63) is 15.6 Å². The summed E-state index contributed by atoms with van der Waals surface area (Å²) in [4.78, 5) is 32.1. The fraction of sp³-hybridized carbons (Fsp3) is 0.583. The molecule has 2 heterocycles. The van der Waals surface area contributed by atoms with E-state index in [4.69, 9.17) is 5.73 Å². The zero-order valence-corrected chi connectivity index (χ0v) is 12.0. The molecule has 0 aromatic carbocycles. The van der Waals surface area contributed by atoms with Gasteiger partial charge in [0.25, 0.3) is 5.91 Å². The fourth-order valence-electron chi connectivity index (χ4n) is 2.12. The topological polar surface area (TPSA) is 79.5 Å². The summed E-state index contributed by atoms with van der Waals surface area (Å²) in [5, 5.41) is 0.514. The van der Waals surface area contributed by atoms with Crippen LogP contribution < -0.4 is 5.73 Å². The molecule has 1 aliphatic heterocycles. The maximum Gasteiger partial charge on any atom is 0.315 e. The second-order valence-electron chi connectivity index (χ2n) is 4.38. The van der Waals surface area contributed by atoms with Gasteiger partial charge in [0.2, 0.25) is 0 Å². The number of rotatable bonds is 3. The molecule has 2 N–H and O–H groups in total. The lowest BCUT2D eigenvalue weighted by Crippen LogP contribution is -2.39. The largest absolute Gasteiger partial charge is 0.351 e. The molecule has 0 atom stereocenters. The van der Waals surface area contributed by atoms with Gasteiger partial charge in [-0.2, -0.15) is 0 Å². The number of carbonyl (C=O) groups excluding carboxylic acids is 2. The molecule has 0 saturated carbocycles. The van der Waals surface area contributed by atoms with Crippen LogP contribution in [0.3, 0.4) is 0 Å². The summed E-state index contributed by atoms with van der Waals surface area (Å²) in [6.45, 7) is 6.28. The third kappa shape index (κ3) is 2.70. The SMILES string of the molecule is CCN(CC)C(=O)c1nc2c(s1)CN(C(N)=O)CC2. The van der Waals surface area contributed by atoms with Gasteiger partial charge >= 0.3 is 6.03 Å². The van der Waals surface area contributed by atoms with Crippen molar-refractivity contribution in [2.45, 2.75) is 26.8 Å². The van der Waals surface area contributed by atoms with Gasteiger partial charge in [-0.3, -0.25) is 4.79 Å². The van der Waals surface area contributed by atoms with Gasteiger partial charge in [0.1, 0.15) is 0 Å². The number of nitrogens with zero attached hydrogens (tertiary/aromatic N) is 3. The minimum atomic E-state index is -0.421. The molecular formula is C12H18N4O2S. The Balaban J connectivity index is 2.19. The van der Waals surface area contributed by atoms with Crippen molar-refractivity contribution in [2.24, 2.45) is 5.73 Å². The summed E-state index contributed by atoms with van der Waals surface area (Å²) in [7, 11) is 0. The van der Waals surface area contributed by atoms with Crippen molar-refractivity contribution in [3.8, 4) is 0 Å². The van der Waals surface area contributed by atoms with Crippen molar-refractivity contribution in [1.82, 2.24) is 14.8 Å². The lowest BCUT2D eigenvalue weighted by Gasteiger charge is -2.23. The first-order valence-electron chi connectivity index (χ1n) is 6.39. The number of amides is 3. The van der Waals surface area contributed by atoms with Crippen molar-refractivity contribution in [2.75, 3.05) is 19.6 Å². The van der Waals surface area contributed by atoms with E-state index >= 15 is 0 Å². The molecule has 1 aromatic rings. The number of hydrogen-bond acceptors (Lipinski definition) is 4. The number of aromatic nitrogens is 1. The van der Waals surface area contributed by atoms with Crippen molar-refractivity contribution in [1.29, 1.82) is 0 Å². The number of fused-ring (bicyclic) bond motifs is 1. The third-order valence-electron chi connectivity index (χ3n) is 3.28. The normalized spacial score (nSPS) is 14.1. The van der Waals surface area contributed by atoms with Gasteiger partial charge in [-0.1, -0.05) is 0 Å². The first-order chi connectivity index (χ1) is 9.06. The Bertz CT molecular complexity index is 496. The quantitative estimate of drug-likeness (QED) is 0.900. The maximum atomic E-state index is 12.2. The highest BCUT2D eigenvalue weighted by atomic mass is 32.1. The average Bonchev–Trinajstić information content (AvgIpc) is 2.82. The van der Waals surface area contributed by atoms with Crippen LogP contribution in [-0.2, 0) is 13.0 Å². The highest BCUT2D eigenvalue weighted by molar-refractivity contribution is 7.13.